The Morgan fingerprint density at radius 1 is 1.24 bits per heavy atom. The van der Waals surface area contributed by atoms with E-state index >= 15 is 0 Å². The largest absolute Gasteiger partial charge is 0.493 e. The summed E-state index contributed by atoms with van der Waals surface area (Å²) in [6.07, 6.45) is 6.52. The Labute approximate surface area is 172 Å². The first-order chi connectivity index (χ1) is 14.2. The van der Waals surface area contributed by atoms with Gasteiger partial charge in [0.1, 0.15) is 5.69 Å². The molecule has 0 aliphatic heterocycles. The topological polar surface area (TPSA) is 104 Å². The molecule has 3 rings (SSSR count). The number of nitrogens with zero attached hydrogens (tertiary/aromatic N) is 5. The van der Waals surface area contributed by atoms with Crippen molar-refractivity contribution in [2.75, 3.05) is 25.3 Å². The van der Waals surface area contributed by atoms with Crippen LogP contribution in [-0.2, 0) is 11.3 Å². The zero-order valence-corrected chi connectivity index (χ0v) is 16.8. The molecule has 0 bridgehead atoms. The molecule has 3 aromatic rings. The molecule has 0 aliphatic carbocycles. The van der Waals surface area contributed by atoms with E-state index < -0.39 is 0 Å². The smallest absolute Gasteiger partial charge is 0.234 e. The molecule has 0 atom stereocenters. The summed E-state index contributed by atoms with van der Waals surface area (Å²) in [7, 11) is 3.10. The molecule has 0 radical (unpaired) electrons. The molecule has 0 fully saturated rings. The van der Waals surface area contributed by atoms with Crippen LogP contribution in [0.15, 0.2) is 54.6 Å². The van der Waals surface area contributed by atoms with Crippen molar-refractivity contribution in [3.05, 3.63) is 49.4 Å². The lowest BCUT2D eigenvalue weighted by Gasteiger charge is -2.10. The molecule has 0 saturated carbocycles. The quantitative estimate of drug-likeness (QED) is 0.423. The molecular formula is C19H20N6O3S. The molecule has 2 heterocycles. The summed E-state index contributed by atoms with van der Waals surface area (Å²) in [5.41, 5.74) is 1.21. The molecule has 0 saturated heterocycles. The number of hydrogen-bond acceptors (Lipinski definition) is 8. The lowest BCUT2D eigenvalue weighted by atomic mass is 10.2. The fourth-order valence-corrected chi connectivity index (χ4v) is 3.28. The molecule has 1 aromatic carbocycles. The normalized spacial score (nSPS) is 10.4. The first-order valence-electron chi connectivity index (χ1n) is 8.61. The molecule has 0 unspecified atom stereocenters. The van der Waals surface area contributed by atoms with E-state index in [1.54, 1.807) is 57.1 Å². The van der Waals surface area contributed by atoms with Crippen LogP contribution in [0.2, 0.25) is 0 Å². The number of carbonyl (C=O) groups excluding carboxylic acids is 1. The van der Waals surface area contributed by atoms with Gasteiger partial charge in [-0.05, 0) is 12.1 Å². The average Bonchev–Trinajstić information content (AvgIpc) is 3.15. The number of aromatic nitrogens is 5. The zero-order valence-electron chi connectivity index (χ0n) is 16.0. The summed E-state index contributed by atoms with van der Waals surface area (Å²) in [4.78, 5) is 20.7. The van der Waals surface area contributed by atoms with Gasteiger partial charge in [0.15, 0.2) is 22.5 Å². The SMILES string of the molecule is C=CCn1c(SCC(=O)Nc2ccc(OC)c(OC)c2)nnc1-c1cnccn1. The molecule has 1 N–H and O–H groups in total. The number of amides is 1. The summed E-state index contributed by atoms with van der Waals surface area (Å²) in [5.74, 6) is 1.67. The van der Waals surface area contributed by atoms with E-state index in [2.05, 4.69) is 32.1 Å². The highest BCUT2D eigenvalue weighted by molar-refractivity contribution is 7.99. The number of benzene rings is 1. The van der Waals surface area contributed by atoms with Crippen LogP contribution in [-0.4, -0.2) is 50.6 Å². The van der Waals surface area contributed by atoms with Crippen LogP contribution in [0, 0.1) is 0 Å². The van der Waals surface area contributed by atoms with Gasteiger partial charge in [0.2, 0.25) is 5.91 Å². The third-order valence-electron chi connectivity index (χ3n) is 3.82. The maximum absolute atomic E-state index is 12.4. The van der Waals surface area contributed by atoms with Crippen molar-refractivity contribution < 1.29 is 14.3 Å². The van der Waals surface area contributed by atoms with Gasteiger partial charge in [0.25, 0.3) is 0 Å². The molecule has 0 aliphatic rings. The molecule has 0 spiro atoms. The minimum absolute atomic E-state index is 0.157. The number of ether oxygens (including phenoxy) is 2. The van der Waals surface area contributed by atoms with Crippen LogP contribution in [0.5, 0.6) is 11.5 Å². The van der Waals surface area contributed by atoms with Crippen molar-refractivity contribution in [3.8, 4) is 23.0 Å². The standard InChI is InChI=1S/C19H20N6O3S/c1-4-9-25-18(14-11-20-7-8-21-14)23-24-19(25)29-12-17(26)22-13-5-6-15(27-2)16(10-13)28-3/h4-8,10-11H,1,9,12H2,2-3H3,(H,22,26). The number of hydrogen-bond donors (Lipinski definition) is 1. The van der Waals surface area contributed by atoms with E-state index in [1.165, 1.54) is 11.8 Å². The van der Waals surface area contributed by atoms with Crippen molar-refractivity contribution >= 4 is 23.4 Å². The Kier molecular flexibility index (Phi) is 6.80. The monoisotopic (exact) mass is 412 g/mol. The van der Waals surface area contributed by atoms with Crippen LogP contribution >= 0.6 is 11.8 Å². The average molecular weight is 412 g/mol. The zero-order chi connectivity index (χ0) is 20.6. The third kappa shape index (κ3) is 4.91. The lowest BCUT2D eigenvalue weighted by Crippen LogP contribution is -2.14. The van der Waals surface area contributed by atoms with Gasteiger partial charge >= 0.3 is 0 Å². The van der Waals surface area contributed by atoms with Gasteiger partial charge in [-0.25, -0.2) is 4.98 Å². The van der Waals surface area contributed by atoms with Crippen molar-refractivity contribution in [3.63, 3.8) is 0 Å². The van der Waals surface area contributed by atoms with Gasteiger partial charge in [-0.3, -0.25) is 14.3 Å². The summed E-state index contributed by atoms with van der Waals surface area (Å²) in [6, 6.07) is 5.18. The van der Waals surface area contributed by atoms with Gasteiger partial charge in [-0.1, -0.05) is 17.8 Å². The van der Waals surface area contributed by atoms with Crippen molar-refractivity contribution in [1.29, 1.82) is 0 Å². The highest BCUT2D eigenvalue weighted by Gasteiger charge is 2.16. The Balaban J connectivity index is 1.69. The van der Waals surface area contributed by atoms with E-state index in [1.807, 2.05) is 4.57 Å². The predicted molar refractivity (Wildman–Crippen MR) is 110 cm³/mol. The van der Waals surface area contributed by atoms with Crippen LogP contribution in [0.1, 0.15) is 0 Å². The second-order valence-corrected chi connectivity index (χ2v) is 6.65. The molecule has 9 nitrogen and oxygen atoms in total. The van der Waals surface area contributed by atoms with Gasteiger partial charge < -0.3 is 14.8 Å². The highest BCUT2D eigenvalue weighted by Crippen LogP contribution is 2.30. The minimum atomic E-state index is -0.184. The summed E-state index contributed by atoms with van der Waals surface area (Å²) in [5, 5.41) is 11.8. The molecule has 1 amide bonds. The Morgan fingerprint density at radius 2 is 2.07 bits per heavy atom. The number of carbonyl (C=O) groups is 1. The molecular weight excluding hydrogens is 392 g/mol. The van der Waals surface area contributed by atoms with Crippen LogP contribution in [0.4, 0.5) is 5.69 Å². The van der Waals surface area contributed by atoms with Gasteiger partial charge in [-0.2, -0.15) is 0 Å². The van der Waals surface area contributed by atoms with Crippen LogP contribution in [0.25, 0.3) is 11.5 Å². The Bertz CT molecular complexity index is 993. The van der Waals surface area contributed by atoms with E-state index in [9.17, 15) is 4.79 Å². The van der Waals surface area contributed by atoms with Crippen LogP contribution in [0.3, 0.4) is 0 Å². The van der Waals surface area contributed by atoms with Crippen molar-refractivity contribution in [1.82, 2.24) is 24.7 Å². The summed E-state index contributed by atoms with van der Waals surface area (Å²) >= 11 is 1.27. The first-order valence-corrected chi connectivity index (χ1v) is 9.60. The maximum atomic E-state index is 12.4. The molecule has 2 aromatic heterocycles. The number of allylic oxidation sites excluding steroid dienone is 1. The summed E-state index contributed by atoms with van der Waals surface area (Å²) in [6.45, 7) is 4.25. The number of anilines is 1. The second-order valence-electron chi connectivity index (χ2n) is 5.70. The number of thioether (sulfide) groups is 1. The Hall–Kier alpha value is -3.40. The van der Waals surface area contributed by atoms with E-state index in [4.69, 9.17) is 9.47 Å². The number of rotatable bonds is 9. The van der Waals surface area contributed by atoms with Crippen molar-refractivity contribution in [2.24, 2.45) is 0 Å². The molecule has 150 valence electrons. The highest BCUT2D eigenvalue weighted by atomic mass is 32.2. The van der Waals surface area contributed by atoms with Gasteiger partial charge in [0.05, 0.1) is 26.2 Å². The molecule has 29 heavy (non-hydrogen) atoms. The third-order valence-corrected chi connectivity index (χ3v) is 4.79. The van der Waals surface area contributed by atoms with E-state index in [0.29, 0.717) is 40.4 Å². The van der Waals surface area contributed by atoms with E-state index in [0.717, 1.165) is 0 Å². The molecule has 10 heteroatoms. The van der Waals surface area contributed by atoms with E-state index in [-0.39, 0.29) is 11.7 Å². The lowest BCUT2D eigenvalue weighted by molar-refractivity contribution is -0.113. The van der Waals surface area contributed by atoms with Gasteiger partial charge in [-0.15, -0.1) is 16.8 Å². The fourth-order valence-electron chi connectivity index (χ4n) is 2.53. The van der Waals surface area contributed by atoms with Gasteiger partial charge in [0, 0.05) is 30.7 Å². The maximum Gasteiger partial charge on any atom is 0.234 e. The van der Waals surface area contributed by atoms with Crippen LogP contribution < -0.4 is 14.8 Å². The van der Waals surface area contributed by atoms with Crippen molar-refractivity contribution in [2.45, 2.75) is 11.7 Å². The Morgan fingerprint density at radius 3 is 2.76 bits per heavy atom. The summed E-state index contributed by atoms with van der Waals surface area (Å²) < 4.78 is 12.3. The number of nitrogens with one attached hydrogen (secondary N) is 1. The second kappa shape index (κ2) is 9.69. The number of methoxy groups -OCH3 is 2. The first kappa shape index (κ1) is 20.3. The predicted octanol–water partition coefficient (Wildman–Crippen LogP) is 2.67. The minimum Gasteiger partial charge on any atom is -0.493 e. The fraction of sp³-hybridized carbons (Fsp3) is 0.211.